The van der Waals surface area contributed by atoms with Crippen molar-refractivity contribution in [1.29, 1.82) is 0 Å². The van der Waals surface area contributed by atoms with Gasteiger partial charge in [-0.05, 0) is 24.6 Å². The Hall–Kier alpha value is -3.44. The summed E-state index contributed by atoms with van der Waals surface area (Å²) in [4.78, 5) is 19.9. The number of fused-ring (bicyclic) bond motifs is 2. The molecule has 0 saturated carbocycles. The van der Waals surface area contributed by atoms with E-state index in [4.69, 9.17) is 4.74 Å². The molecule has 172 valence electrons. The van der Waals surface area contributed by atoms with Gasteiger partial charge in [0.25, 0.3) is 0 Å². The Bertz CT molecular complexity index is 1260. The Kier molecular flexibility index (Phi) is 5.97. The Balaban J connectivity index is 1.41. The third kappa shape index (κ3) is 4.29. The van der Waals surface area contributed by atoms with Crippen molar-refractivity contribution < 1.29 is 9.13 Å². The average molecular weight is 452 g/mol. The molecule has 5 rings (SSSR count). The van der Waals surface area contributed by atoms with Crippen molar-refractivity contribution in [2.75, 3.05) is 51.0 Å². The largest absolute Gasteiger partial charge is 0.383 e. The number of alkyl halides is 1. The second-order valence-electron chi connectivity index (χ2n) is 8.00. The molecule has 0 aromatic carbocycles. The van der Waals surface area contributed by atoms with Gasteiger partial charge < -0.3 is 15.4 Å². The zero-order chi connectivity index (χ0) is 22.8. The number of likely N-dealkylation sites (tertiary alicyclic amines) is 1. The number of aromatic nitrogens is 6. The molecule has 0 aliphatic carbocycles. The second kappa shape index (κ2) is 9.20. The third-order valence-corrected chi connectivity index (χ3v) is 5.91. The van der Waals surface area contributed by atoms with Crippen molar-refractivity contribution in [2.45, 2.75) is 18.6 Å². The molecule has 11 heteroatoms. The van der Waals surface area contributed by atoms with Crippen LogP contribution in [0.2, 0.25) is 0 Å². The molecule has 0 radical (unpaired) electrons. The fourth-order valence-corrected chi connectivity index (χ4v) is 4.19. The normalized spacial score (nSPS) is 19.2. The van der Waals surface area contributed by atoms with E-state index in [2.05, 4.69) is 40.6 Å². The maximum Gasteiger partial charge on any atom is 0.243 e. The van der Waals surface area contributed by atoms with E-state index in [9.17, 15) is 4.39 Å². The number of rotatable bonds is 7. The minimum absolute atomic E-state index is 0.346. The SMILES string of the molecule is CNc1nc(N[C@@H]2CCN(CCOC)C[C@H]2F)nn2ccc(-c3ccc4nccnc4n3)c12. The smallest absolute Gasteiger partial charge is 0.243 e. The monoisotopic (exact) mass is 451 g/mol. The van der Waals surface area contributed by atoms with Crippen molar-refractivity contribution >= 4 is 28.4 Å². The summed E-state index contributed by atoms with van der Waals surface area (Å²) in [5.74, 6) is 1.01. The van der Waals surface area contributed by atoms with E-state index in [-0.39, 0.29) is 6.04 Å². The number of nitrogens with one attached hydrogen (secondary N) is 2. The van der Waals surface area contributed by atoms with Gasteiger partial charge in [0.2, 0.25) is 5.95 Å². The van der Waals surface area contributed by atoms with Gasteiger partial charge >= 0.3 is 0 Å². The molecule has 1 fully saturated rings. The van der Waals surface area contributed by atoms with Crippen LogP contribution in [0.4, 0.5) is 16.2 Å². The van der Waals surface area contributed by atoms with Gasteiger partial charge in [-0.2, -0.15) is 4.98 Å². The molecular weight excluding hydrogens is 425 g/mol. The highest BCUT2D eigenvalue weighted by atomic mass is 19.1. The Morgan fingerprint density at radius 2 is 2.06 bits per heavy atom. The van der Waals surface area contributed by atoms with E-state index >= 15 is 0 Å². The summed E-state index contributed by atoms with van der Waals surface area (Å²) in [6.07, 6.45) is 4.76. The summed E-state index contributed by atoms with van der Waals surface area (Å²) in [5, 5.41) is 10.9. The third-order valence-electron chi connectivity index (χ3n) is 5.91. The van der Waals surface area contributed by atoms with Gasteiger partial charge in [0.05, 0.1) is 18.3 Å². The quantitative estimate of drug-likeness (QED) is 0.438. The first-order valence-electron chi connectivity index (χ1n) is 10.9. The van der Waals surface area contributed by atoms with E-state index in [1.54, 1.807) is 31.1 Å². The van der Waals surface area contributed by atoms with Crippen molar-refractivity contribution in [2.24, 2.45) is 0 Å². The molecular formula is C22H26FN9O. The molecule has 1 aliphatic rings. The number of hydrogen-bond acceptors (Lipinski definition) is 9. The van der Waals surface area contributed by atoms with Crippen LogP contribution in [-0.2, 0) is 4.74 Å². The van der Waals surface area contributed by atoms with E-state index in [0.29, 0.717) is 37.0 Å². The first kappa shape index (κ1) is 21.4. The summed E-state index contributed by atoms with van der Waals surface area (Å²) in [6, 6.07) is 5.39. The predicted molar refractivity (Wildman–Crippen MR) is 124 cm³/mol. The van der Waals surface area contributed by atoms with Gasteiger partial charge in [0.15, 0.2) is 11.5 Å². The number of hydrogen-bond donors (Lipinski definition) is 2. The minimum Gasteiger partial charge on any atom is -0.383 e. The topological polar surface area (TPSA) is 105 Å². The lowest BCUT2D eigenvalue weighted by molar-refractivity contribution is 0.0918. The lowest BCUT2D eigenvalue weighted by Crippen LogP contribution is -2.48. The number of anilines is 2. The molecule has 0 bridgehead atoms. The second-order valence-corrected chi connectivity index (χ2v) is 8.00. The standard InChI is InChI=1S/C22H26FN9O/c1-24-21-19-14(16-3-4-18-20(27-16)26-8-7-25-18)5-10-32(19)30-22(29-21)28-17-6-9-31(11-12-33-2)13-15(17)23/h3-5,7-8,10,15,17H,6,9,11-13H2,1-2H3,(H2,24,28,29,30)/t15-,17-/m1/s1. The molecule has 2 N–H and O–H groups in total. The van der Waals surface area contributed by atoms with Crippen molar-refractivity contribution in [1.82, 2.24) is 34.4 Å². The number of nitrogens with zero attached hydrogens (tertiary/aromatic N) is 7. The highest BCUT2D eigenvalue weighted by Gasteiger charge is 2.30. The lowest BCUT2D eigenvalue weighted by atomic mass is 10.0. The Morgan fingerprint density at radius 3 is 2.88 bits per heavy atom. The molecule has 0 amide bonds. The summed E-state index contributed by atoms with van der Waals surface area (Å²) >= 11 is 0. The first-order chi connectivity index (χ1) is 16.2. The predicted octanol–water partition coefficient (Wildman–Crippen LogP) is 2.25. The first-order valence-corrected chi connectivity index (χ1v) is 10.9. The molecule has 4 aromatic rings. The number of methoxy groups -OCH3 is 1. The van der Waals surface area contributed by atoms with E-state index in [1.165, 1.54) is 0 Å². The van der Waals surface area contributed by atoms with E-state index in [0.717, 1.165) is 35.4 Å². The van der Waals surface area contributed by atoms with E-state index < -0.39 is 6.17 Å². The molecule has 2 atom stereocenters. The number of piperidine rings is 1. The molecule has 5 heterocycles. The van der Waals surface area contributed by atoms with Crippen LogP contribution in [0, 0.1) is 0 Å². The van der Waals surface area contributed by atoms with Crippen molar-refractivity contribution in [3.63, 3.8) is 0 Å². The Morgan fingerprint density at radius 1 is 1.18 bits per heavy atom. The summed E-state index contributed by atoms with van der Waals surface area (Å²) < 4.78 is 21.7. The summed E-state index contributed by atoms with van der Waals surface area (Å²) in [7, 11) is 3.46. The van der Waals surface area contributed by atoms with Crippen LogP contribution in [0.15, 0.2) is 36.8 Å². The molecule has 1 saturated heterocycles. The zero-order valence-electron chi connectivity index (χ0n) is 18.6. The van der Waals surface area contributed by atoms with Gasteiger partial charge in [0, 0.05) is 57.9 Å². The Labute approximate surface area is 190 Å². The van der Waals surface area contributed by atoms with Crippen LogP contribution in [0.3, 0.4) is 0 Å². The number of pyridine rings is 1. The van der Waals surface area contributed by atoms with E-state index in [1.807, 2.05) is 24.4 Å². The van der Waals surface area contributed by atoms with Crippen molar-refractivity contribution in [3.05, 3.63) is 36.8 Å². The molecule has 0 spiro atoms. The van der Waals surface area contributed by atoms with Crippen LogP contribution in [-0.4, -0.2) is 87.1 Å². The highest BCUT2D eigenvalue weighted by molar-refractivity contribution is 5.89. The van der Waals surface area contributed by atoms with Crippen LogP contribution in [0.5, 0.6) is 0 Å². The average Bonchev–Trinajstić information content (AvgIpc) is 3.27. The fourth-order valence-electron chi connectivity index (χ4n) is 4.19. The molecule has 10 nitrogen and oxygen atoms in total. The van der Waals surface area contributed by atoms with Gasteiger partial charge in [0.1, 0.15) is 17.2 Å². The summed E-state index contributed by atoms with van der Waals surface area (Å²) in [5.41, 5.74) is 3.71. The highest BCUT2D eigenvalue weighted by Crippen LogP contribution is 2.30. The molecule has 1 aliphatic heterocycles. The number of ether oxygens (including phenoxy) is 1. The molecule has 33 heavy (non-hydrogen) atoms. The lowest BCUT2D eigenvalue weighted by Gasteiger charge is -2.34. The molecule has 4 aromatic heterocycles. The van der Waals surface area contributed by atoms with Crippen molar-refractivity contribution in [3.8, 4) is 11.3 Å². The van der Waals surface area contributed by atoms with Gasteiger partial charge in [-0.15, -0.1) is 5.10 Å². The van der Waals surface area contributed by atoms with Crippen LogP contribution in [0.1, 0.15) is 6.42 Å². The van der Waals surface area contributed by atoms with Gasteiger partial charge in [-0.1, -0.05) is 0 Å². The maximum absolute atomic E-state index is 14.8. The van der Waals surface area contributed by atoms with Gasteiger partial charge in [-0.25, -0.2) is 18.9 Å². The number of halogens is 1. The van der Waals surface area contributed by atoms with Crippen LogP contribution < -0.4 is 10.6 Å². The van der Waals surface area contributed by atoms with Crippen LogP contribution in [0.25, 0.3) is 27.9 Å². The minimum atomic E-state index is -1.02. The van der Waals surface area contributed by atoms with Crippen LogP contribution >= 0.6 is 0 Å². The summed E-state index contributed by atoms with van der Waals surface area (Å²) in [6.45, 7) is 2.50. The maximum atomic E-state index is 14.8. The zero-order valence-corrected chi connectivity index (χ0v) is 18.6. The van der Waals surface area contributed by atoms with Gasteiger partial charge in [-0.3, -0.25) is 9.88 Å². The fraction of sp³-hybridized carbons (Fsp3) is 0.409. The molecule has 0 unspecified atom stereocenters.